The molecule has 2 amide bonds. The molecule has 1 aromatic carbocycles. The molecule has 2 aliphatic carbocycles. The van der Waals surface area contributed by atoms with Crippen molar-refractivity contribution >= 4 is 29.3 Å². The van der Waals surface area contributed by atoms with Crippen molar-refractivity contribution in [2.24, 2.45) is 17.6 Å². The number of carbonyl (C=O) groups is 2. The van der Waals surface area contributed by atoms with Crippen molar-refractivity contribution in [1.29, 1.82) is 0 Å². The van der Waals surface area contributed by atoms with Crippen LogP contribution in [0, 0.1) is 18.8 Å². The number of fused-ring (bicyclic) bond motifs is 2. The Morgan fingerprint density at radius 1 is 1.19 bits per heavy atom. The molecule has 0 radical (unpaired) electrons. The summed E-state index contributed by atoms with van der Waals surface area (Å²) in [5.41, 5.74) is 8.11. The molecule has 4 N–H and O–H groups in total. The topological polar surface area (TPSA) is 84.2 Å². The van der Waals surface area contributed by atoms with Gasteiger partial charge in [-0.05, 0) is 63.5 Å². The minimum absolute atomic E-state index is 0.0421. The summed E-state index contributed by atoms with van der Waals surface area (Å²) in [6.45, 7) is 3.89. The number of nitrogens with one attached hydrogen (secondary N) is 2. The quantitative estimate of drug-likeness (QED) is 0.698. The second-order valence-corrected chi connectivity index (χ2v) is 9.41. The average Bonchev–Trinajstić information content (AvgIpc) is 2.62. The molecule has 0 heterocycles. The van der Waals surface area contributed by atoms with Crippen LogP contribution >= 0.6 is 11.8 Å². The largest absolute Gasteiger partial charge is 0.352 e. The zero-order valence-electron chi connectivity index (χ0n) is 16.2. The van der Waals surface area contributed by atoms with Gasteiger partial charge in [-0.3, -0.25) is 9.59 Å². The number of carbonyl (C=O) groups excluding carboxylic acids is 2. The number of benzene rings is 1. The van der Waals surface area contributed by atoms with Gasteiger partial charge in [-0.25, -0.2) is 0 Å². The number of hydrogen-bond acceptors (Lipinski definition) is 4. The summed E-state index contributed by atoms with van der Waals surface area (Å²) in [6.07, 6.45) is 5.60. The second kappa shape index (κ2) is 9.11. The van der Waals surface area contributed by atoms with Crippen molar-refractivity contribution in [3.8, 4) is 0 Å². The first-order valence-electron chi connectivity index (χ1n) is 9.96. The van der Waals surface area contributed by atoms with Crippen molar-refractivity contribution in [2.75, 3.05) is 11.1 Å². The fraction of sp³-hybridized carbons (Fsp3) is 0.619. The number of nitrogens with two attached hydrogens (primary N) is 1. The number of thioether (sulfide) groups is 1. The van der Waals surface area contributed by atoms with Crippen LogP contribution in [0.3, 0.4) is 0 Å². The van der Waals surface area contributed by atoms with Gasteiger partial charge in [0.1, 0.15) is 0 Å². The van der Waals surface area contributed by atoms with Crippen LogP contribution in [0.25, 0.3) is 0 Å². The highest BCUT2D eigenvalue weighted by molar-refractivity contribution is 8.01. The van der Waals surface area contributed by atoms with Crippen LogP contribution in [0.5, 0.6) is 0 Å². The molecule has 1 aromatic rings. The Morgan fingerprint density at radius 3 is 2.44 bits per heavy atom. The molecule has 3 unspecified atom stereocenters. The Morgan fingerprint density at radius 2 is 1.81 bits per heavy atom. The van der Waals surface area contributed by atoms with Crippen molar-refractivity contribution in [1.82, 2.24) is 5.32 Å². The second-order valence-electron chi connectivity index (χ2n) is 8.08. The molecule has 2 saturated carbocycles. The molecule has 3 rings (SSSR count). The normalized spacial score (nSPS) is 28.3. The highest BCUT2D eigenvalue weighted by Crippen LogP contribution is 2.39. The predicted octanol–water partition coefficient (Wildman–Crippen LogP) is 3.08. The third-order valence-electron chi connectivity index (χ3n) is 5.85. The molecule has 6 heteroatoms. The van der Waals surface area contributed by atoms with E-state index in [1.54, 1.807) is 0 Å². The Kier molecular flexibility index (Phi) is 6.82. The maximum Gasteiger partial charge on any atom is 0.234 e. The first-order valence-corrected chi connectivity index (χ1v) is 11.0. The summed E-state index contributed by atoms with van der Waals surface area (Å²) in [6, 6.07) is 8.25. The Hall–Kier alpha value is -1.53. The maximum absolute atomic E-state index is 12.6. The molecule has 3 atom stereocenters. The van der Waals surface area contributed by atoms with Crippen LogP contribution < -0.4 is 16.4 Å². The molecule has 27 heavy (non-hydrogen) atoms. The van der Waals surface area contributed by atoms with Crippen molar-refractivity contribution in [3.05, 3.63) is 29.8 Å². The van der Waals surface area contributed by atoms with Gasteiger partial charge in [0, 0.05) is 17.8 Å². The van der Waals surface area contributed by atoms with Gasteiger partial charge < -0.3 is 16.4 Å². The molecule has 0 aromatic heterocycles. The van der Waals surface area contributed by atoms with E-state index >= 15 is 0 Å². The molecule has 2 bridgehead atoms. The van der Waals surface area contributed by atoms with Crippen LogP contribution in [0.15, 0.2) is 24.3 Å². The third kappa shape index (κ3) is 5.48. The SMILES string of the molecule is Cc1ccc(NC(=O)CSC(C)C(=O)NC2C3CCCC2CC(N)C3)cc1. The minimum Gasteiger partial charge on any atom is -0.352 e. The summed E-state index contributed by atoms with van der Waals surface area (Å²) in [5.74, 6) is 1.26. The van der Waals surface area contributed by atoms with E-state index < -0.39 is 0 Å². The van der Waals surface area contributed by atoms with Crippen LogP contribution in [-0.4, -0.2) is 34.9 Å². The van der Waals surface area contributed by atoms with Gasteiger partial charge in [-0.1, -0.05) is 24.1 Å². The van der Waals surface area contributed by atoms with Crippen molar-refractivity contribution in [2.45, 2.75) is 63.3 Å². The zero-order chi connectivity index (χ0) is 19.4. The highest BCUT2D eigenvalue weighted by atomic mass is 32.2. The Balaban J connectivity index is 1.45. The van der Waals surface area contributed by atoms with E-state index in [0.29, 0.717) is 11.8 Å². The smallest absolute Gasteiger partial charge is 0.234 e. The molecule has 5 nitrogen and oxygen atoms in total. The molecule has 0 aliphatic heterocycles. The molecular weight excluding hydrogens is 358 g/mol. The zero-order valence-corrected chi connectivity index (χ0v) is 17.1. The average molecular weight is 390 g/mol. The minimum atomic E-state index is -0.245. The lowest BCUT2D eigenvalue weighted by molar-refractivity contribution is -0.122. The Bertz CT molecular complexity index is 650. The van der Waals surface area contributed by atoms with E-state index in [2.05, 4.69) is 10.6 Å². The van der Waals surface area contributed by atoms with Crippen molar-refractivity contribution in [3.63, 3.8) is 0 Å². The van der Waals surface area contributed by atoms with Gasteiger partial charge in [0.2, 0.25) is 11.8 Å². The maximum atomic E-state index is 12.6. The molecular formula is C21H31N3O2S. The van der Waals surface area contributed by atoms with Crippen LogP contribution in [0.4, 0.5) is 5.69 Å². The monoisotopic (exact) mass is 389 g/mol. The summed E-state index contributed by atoms with van der Waals surface area (Å²) in [5, 5.41) is 5.91. The fourth-order valence-electron chi connectivity index (χ4n) is 4.42. The first-order chi connectivity index (χ1) is 12.9. The number of rotatable bonds is 6. The van der Waals surface area contributed by atoms with E-state index in [9.17, 15) is 9.59 Å². The van der Waals surface area contributed by atoms with E-state index in [4.69, 9.17) is 5.73 Å². The van der Waals surface area contributed by atoms with Crippen LogP contribution in [0.1, 0.15) is 44.6 Å². The van der Waals surface area contributed by atoms with Gasteiger partial charge in [-0.2, -0.15) is 0 Å². The lowest BCUT2D eigenvalue weighted by Crippen LogP contribution is -2.55. The number of aryl methyl sites for hydroxylation is 1. The lowest BCUT2D eigenvalue weighted by Gasteiger charge is -2.45. The van der Waals surface area contributed by atoms with Gasteiger partial charge in [0.25, 0.3) is 0 Å². The summed E-state index contributed by atoms with van der Waals surface area (Å²) >= 11 is 1.38. The third-order valence-corrected chi connectivity index (χ3v) is 7.00. The standard InChI is InChI=1S/C21H31N3O2S/c1-13-6-8-18(9-7-13)23-19(25)12-27-14(2)21(26)24-20-15-4-3-5-16(20)11-17(22)10-15/h6-9,14-17,20H,3-5,10-12,22H2,1-2H3,(H,23,25)(H,24,26). The lowest BCUT2D eigenvalue weighted by atomic mass is 9.67. The summed E-state index contributed by atoms with van der Waals surface area (Å²) in [7, 11) is 0. The van der Waals surface area contributed by atoms with Gasteiger partial charge in [0.05, 0.1) is 11.0 Å². The first kappa shape index (κ1) is 20.2. The number of amides is 2. The van der Waals surface area contributed by atoms with Gasteiger partial charge in [-0.15, -0.1) is 11.8 Å². The van der Waals surface area contributed by atoms with E-state index in [1.165, 1.54) is 18.2 Å². The molecule has 148 valence electrons. The summed E-state index contributed by atoms with van der Waals surface area (Å²) in [4.78, 5) is 24.8. The van der Waals surface area contributed by atoms with Crippen molar-refractivity contribution < 1.29 is 9.59 Å². The molecule has 0 spiro atoms. The van der Waals surface area contributed by atoms with E-state index in [0.717, 1.165) is 36.9 Å². The van der Waals surface area contributed by atoms with Crippen LogP contribution in [0.2, 0.25) is 0 Å². The molecule has 2 fully saturated rings. The fourth-order valence-corrected chi connectivity index (χ4v) is 5.11. The molecule has 0 saturated heterocycles. The molecule has 2 aliphatic rings. The predicted molar refractivity (Wildman–Crippen MR) is 112 cm³/mol. The number of anilines is 1. The summed E-state index contributed by atoms with van der Waals surface area (Å²) < 4.78 is 0. The highest BCUT2D eigenvalue weighted by Gasteiger charge is 2.40. The van der Waals surface area contributed by atoms with E-state index in [-0.39, 0.29) is 34.9 Å². The Labute approximate surface area is 166 Å². The number of hydrogen-bond donors (Lipinski definition) is 3. The van der Waals surface area contributed by atoms with Gasteiger partial charge >= 0.3 is 0 Å². The van der Waals surface area contributed by atoms with E-state index in [1.807, 2.05) is 38.1 Å². The van der Waals surface area contributed by atoms with Crippen LogP contribution in [-0.2, 0) is 9.59 Å². The van der Waals surface area contributed by atoms with Gasteiger partial charge in [0.15, 0.2) is 0 Å².